The molecule has 0 saturated carbocycles. The summed E-state index contributed by atoms with van der Waals surface area (Å²) in [5, 5.41) is 14.9. The van der Waals surface area contributed by atoms with Crippen LogP contribution in [-0.2, 0) is 4.74 Å². The number of aromatic nitrogens is 1. The highest BCUT2D eigenvalue weighted by atomic mass is 32.1. The van der Waals surface area contributed by atoms with Crippen molar-refractivity contribution in [3.63, 3.8) is 0 Å². The minimum atomic E-state index is -0.611. The van der Waals surface area contributed by atoms with Crippen LogP contribution >= 0.6 is 11.3 Å². The summed E-state index contributed by atoms with van der Waals surface area (Å²) in [6, 6.07) is 0.239. The number of ether oxygens (including phenoxy) is 1. The summed E-state index contributed by atoms with van der Waals surface area (Å²) in [6.45, 7) is 8.13. The van der Waals surface area contributed by atoms with Crippen LogP contribution < -0.4 is 5.32 Å². The van der Waals surface area contributed by atoms with Gasteiger partial charge < -0.3 is 15.2 Å². The van der Waals surface area contributed by atoms with Crippen molar-refractivity contribution in [1.29, 1.82) is 0 Å². The van der Waals surface area contributed by atoms with Crippen molar-refractivity contribution in [1.82, 2.24) is 10.3 Å². The highest BCUT2D eigenvalue weighted by Crippen LogP contribution is 2.26. The van der Waals surface area contributed by atoms with Gasteiger partial charge in [0.2, 0.25) is 0 Å². The van der Waals surface area contributed by atoms with E-state index >= 15 is 0 Å². The van der Waals surface area contributed by atoms with E-state index in [-0.39, 0.29) is 6.04 Å². The molecule has 1 saturated heterocycles. The number of hydrogen-bond acceptors (Lipinski definition) is 5. The molecule has 1 aromatic heterocycles. The summed E-state index contributed by atoms with van der Waals surface area (Å²) in [6.07, 6.45) is 1.43. The van der Waals surface area contributed by atoms with E-state index in [1.54, 1.807) is 11.3 Å². The molecule has 1 aliphatic heterocycles. The van der Waals surface area contributed by atoms with Gasteiger partial charge in [-0.25, -0.2) is 4.98 Å². The average Bonchev–Trinajstić information content (AvgIpc) is 2.67. The molecule has 2 N–H and O–H groups in total. The van der Waals surface area contributed by atoms with Crippen LogP contribution in [0.15, 0.2) is 0 Å². The molecule has 102 valence electrons. The molecular formula is C13H22N2O2S. The van der Waals surface area contributed by atoms with Crippen molar-refractivity contribution in [3.8, 4) is 0 Å². The van der Waals surface area contributed by atoms with Crippen molar-refractivity contribution in [2.24, 2.45) is 0 Å². The molecule has 0 aliphatic carbocycles. The largest absolute Gasteiger partial charge is 0.388 e. The van der Waals surface area contributed by atoms with E-state index in [9.17, 15) is 5.11 Å². The molecule has 1 aliphatic rings. The third kappa shape index (κ3) is 3.29. The molecule has 0 amide bonds. The Hall–Kier alpha value is -0.490. The summed E-state index contributed by atoms with van der Waals surface area (Å²) in [4.78, 5) is 5.71. The van der Waals surface area contributed by atoms with Crippen LogP contribution in [0.1, 0.15) is 41.4 Å². The highest BCUT2D eigenvalue weighted by molar-refractivity contribution is 7.11. The van der Waals surface area contributed by atoms with Gasteiger partial charge in [0, 0.05) is 43.5 Å². The maximum atomic E-state index is 10.4. The van der Waals surface area contributed by atoms with E-state index in [0.717, 1.165) is 10.7 Å². The number of nitrogens with one attached hydrogen (secondary N) is 1. The topological polar surface area (TPSA) is 54.4 Å². The SMILES string of the molecule is Cc1nc(C)c(C(C)NCC2(O)CCOCC2)s1. The molecule has 0 aromatic carbocycles. The fourth-order valence-corrected chi connectivity index (χ4v) is 3.27. The van der Waals surface area contributed by atoms with E-state index in [1.165, 1.54) is 4.88 Å². The lowest BCUT2D eigenvalue weighted by Crippen LogP contribution is -2.45. The number of aliphatic hydroxyl groups is 1. The van der Waals surface area contributed by atoms with Crippen LogP contribution in [0.4, 0.5) is 0 Å². The Bertz CT molecular complexity index is 400. The van der Waals surface area contributed by atoms with Crippen LogP contribution in [0.5, 0.6) is 0 Å². The molecule has 4 nitrogen and oxygen atoms in total. The maximum Gasteiger partial charge on any atom is 0.0900 e. The third-order valence-electron chi connectivity index (χ3n) is 3.49. The summed E-state index contributed by atoms with van der Waals surface area (Å²) in [5.74, 6) is 0. The van der Waals surface area contributed by atoms with Crippen molar-refractivity contribution in [2.45, 2.75) is 45.3 Å². The Morgan fingerprint density at radius 1 is 1.44 bits per heavy atom. The van der Waals surface area contributed by atoms with E-state index in [1.807, 2.05) is 13.8 Å². The molecular weight excluding hydrogens is 248 g/mol. The maximum absolute atomic E-state index is 10.4. The van der Waals surface area contributed by atoms with Crippen LogP contribution in [0.25, 0.3) is 0 Å². The normalized spacial score (nSPS) is 20.9. The predicted molar refractivity (Wildman–Crippen MR) is 73.0 cm³/mol. The van der Waals surface area contributed by atoms with Gasteiger partial charge in [-0.2, -0.15) is 0 Å². The van der Waals surface area contributed by atoms with Crippen LogP contribution in [-0.4, -0.2) is 35.5 Å². The van der Waals surface area contributed by atoms with E-state index in [0.29, 0.717) is 32.6 Å². The van der Waals surface area contributed by atoms with Crippen molar-refractivity contribution in [3.05, 3.63) is 15.6 Å². The zero-order valence-electron chi connectivity index (χ0n) is 11.3. The lowest BCUT2D eigenvalue weighted by Gasteiger charge is -2.33. The van der Waals surface area contributed by atoms with Crippen LogP contribution in [0.2, 0.25) is 0 Å². The molecule has 0 radical (unpaired) electrons. The summed E-state index contributed by atoms with van der Waals surface area (Å²) < 4.78 is 5.28. The van der Waals surface area contributed by atoms with Gasteiger partial charge in [-0.1, -0.05) is 0 Å². The van der Waals surface area contributed by atoms with Gasteiger partial charge >= 0.3 is 0 Å². The van der Waals surface area contributed by atoms with Gasteiger partial charge in [0.25, 0.3) is 0 Å². The lowest BCUT2D eigenvalue weighted by atomic mass is 9.94. The molecule has 1 fully saturated rings. The zero-order valence-corrected chi connectivity index (χ0v) is 12.1. The monoisotopic (exact) mass is 270 g/mol. The molecule has 2 rings (SSSR count). The zero-order chi connectivity index (χ0) is 13.2. The first-order valence-electron chi connectivity index (χ1n) is 6.48. The summed E-state index contributed by atoms with van der Waals surface area (Å²) in [5.41, 5.74) is 0.483. The second-order valence-electron chi connectivity index (χ2n) is 5.12. The second kappa shape index (κ2) is 5.65. The fraction of sp³-hybridized carbons (Fsp3) is 0.769. The molecule has 2 heterocycles. The van der Waals surface area contributed by atoms with Gasteiger partial charge in [0.1, 0.15) is 0 Å². The Labute approximate surface area is 112 Å². The summed E-state index contributed by atoms with van der Waals surface area (Å²) >= 11 is 1.73. The summed E-state index contributed by atoms with van der Waals surface area (Å²) in [7, 11) is 0. The van der Waals surface area contributed by atoms with Gasteiger partial charge in [-0.15, -0.1) is 11.3 Å². The molecule has 0 spiro atoms. The Kier molecular flexibility index (Phi) is 4.37. The smallest absolute Gasteiger partial charge is 0.0900 e. The van der Waals surface area contributed by atoms with Crippen molar-refractivity contribution >= 4 is 11.3 Å². The van der Waals surface area contributed by atoms with E-state index in [4.69, 9.17) is 4.74 Å². The first-order chi connectivity index (χ1) is 8.50. The predicted octanol–water partition coefficient (Wildman–Crippen LogP) is 1.95. The van der Waals surface area contributed by atoms with Crippen LogP contribution in [0, 0.1) is 13.8 Å². The van der Waals surface area contributed by atoms with E-state index in [2.05, 4.69) is 17.2 Å². The lowest BCUT2D eigenvalue weighted by molar-refractivity contribution is -0.0625. The van der Waals surface area contributed by atoms with Gasteiger partial charge in [-0.05, 0) is 20.8 Å². The quantitative estimate of drug-likeness (QED) is 0.878. The average molecular weight is 270 g/mol. The minimum Gasteiger partial charge on any atom is -0.388 e. The first kappa shape index (κ1) is 13.9. The third-order valence-corrected chi connectivity index (χ3v) is 4.75. The fourth-order valence-electron chi connectivity index (χ4n) is 2.31. The van der Waals surface area contributed by atoms with Crippen LogP contribution in [0.3, 0.4) is 0 Å². The number of aryl methyl sites for hydroxylation is 2. The molecule has 1 aromatic rings. The molecule has 1 unspecified atom stereocenters. The second-order valence-corrected chi connectivity index (χ2v) is 6.36. The first-order valence-corrected chi connectivity index (χ1v) is 7.29. The Morgan fingerprint density at radius 2 is 2.11 bits per heavy atom. The molecule has 0 bridgehead atoms. The Morgan fingerprint density at radius 3 is 2.67 bits per heavy atom. The molecule has 1 atom stereocenters. The number of nitrogens with zero attached hydrogens (tertiary/aromatic N) is 1. The molecule has 5 heteroatoms. The van der Waals surface area contributed by atoms with Gasteiger partial charge in [0.15, 0.2) is 0 Å². The minimum absolute atomic E-state index is 0.239. The number of rotatable bonds is 4. The van der Waals surface area contributed by atoms with Crippen molar-refractivity contribution < 1.29 is 9.84 Å². The van der Waals surface area contributed by atoms with Gasteiger partial charge in [-0.3, -0.25) is 0 Å². The van der Waals surface area contributed by atoms with E-state index < -0.39 is 5.60 Å². The molecule has 18 heavy (non-hydrogen) atoms. The highest BCUT2D eigenvalue weighted by Gasteiger charge is 2.30. The van der Waals surface area contributed by atoms with Crippen molar-refractivity contribution in [2.75, 3.05) is 19.8 Å². The number of thiazole rings is 1. The van der Waals surface area contributed by atoms with Gasteiger partial charge in [0.05, 0.1) is 16.3 Å². The number of hydrogen-bond donors (Lipinski definition) is 2. The standard InChI is InChI=1S/C13H22N2O2S/c1-9(12-10(2)15-11(3)18-12)14-8-13(16)4-6-17-7-5-13/h9,14,16H,4-8H2,1-3H3. The Balaban J connectivity index is 1.91.